The number of hydrogen-bond donors (Lipinski definition) is 1. The molecule has 0 aliphatic carbocycles. The second kappa shape index (κ2) is 9.14. The molecule has 0 unspecified atom stereocenters. The summed E-state index contributed by atoms with van der Waals surface area (Å²) in [6.07, 6.45) is 10.0. The average molecular weight is 482 g/mol. The predicted molar refractivity (Wildman–Crippen MR) is 141 cm³/mol. The van der Waals surface area contributed by atoms with Gasteiger partial charge >= 0.3 is 0 Å². The van der Waals surface area contributed by atoms with E-state index in [9.17, 15) is 8.78 Å². The van der Waals surface area contributed by atoms with Crippen molar-refractivity contribution < 1.29 is 8.78 Å². The quantitative estimate of drug-likeness (QED) is 0.332. The first-order valence-electron chi connectivity index (χ1n) is 12.6. The summed E-state index contributed by atoms with van der Waals surface area (Å²) in [6, 6.07) is 15.3. The van der Waals surface area contributed by atoms with E-state index in [-0.39, 0.29) is 0 Å². The molecule has 3 nitrogen and oxygen atoms in total. The molecule has 2 aliphatic rings. The molecule has 0 amide bonds. The highest BCUT2D eigenvalue weighted by Gasteiger charge is 2.35. The van der Waals surface area contributed by atoms with Gasteiger partial charge in [-0.25, -0.2) is 8.78 Å². The first kappa shape index (κ1) is 22.9. The second-order valence-corrected chi connectivity index (χ2v) is 10.1. The Balaban J connectivity index is 1.37. The van der Waals surface area contributed by atoms with Gasteiger partial charge in [-0.05, 0) is 90.8 Å². The van der Waals surface area contributed by atoms with Crippen LogP contribution in [0, 0.1) is 25.5 Å². The molecule has 2 atom stereocenters. The van der Waals surface area contributed by atoms with Crippen molar-refractivity contribution in [1.29, 1.82) is 0 Å². The third kappa shape index (κ3) is 4.07. The molecule has 6 rings (SSSR count). The number of rotatable bonds is 4. The monoisotopic (exact) mass is 481 g/mol. The van der Waals surface area contributed by atoms with Gasteiger partial charge in [0, 0.05) is 54.4 Å². The van der Waals surface area contributed by atoms with Crippen molar-refractivity contribution in [2.24, 2.45) is 0 Å². The summed E-state index contributed by atoms with van der Waals surface area (Å²) in [6.45, 7) is 6.45. The van der Waals surface area contributed by atoms with E-state index >= 15 is 0 Å². The lowest BCUT2D eigenvalue weighted by atomic mass is 9.89. The Morgan fingerprint density at radius 3 is 2.53 bits per heavy atom. The minimum Gasteiger partial charge on any atom is -0.360 e. The fourth-order valence-electron chi connectivity index (χ4n) is 5.80. The Kier molecular flexibility index (Phi) is 5.81. The van der Waals surface area contributed by atoms with Crippen molar-refractivity contribution in [3.8, 4) is 22.4 Å². The normalized spacial score (nSPS) is 19.8. The molecule has 1 N–H and O–H groups in total. The van der Waals surface area contributed by atoms with Crippen molar-refractivity contribution in [2.75, 3.05) is 13.1 Å². The number of halogens is 2. The topological polar surface area (TPSA) is 31.9 Å². The number of hydrogen-bond acceptors (Lipinski definition) is 2. The summed E-state index contributed by atoms with van der Waals surface area (Å²) < 4.78 is 27.8. The van der Waals surface area contributed by atoms with Crippen LogP contribution in [0.2, 0.25) is 0 Å². The van der Waals surface area contributed by atoms with Gasteiger partial charge in [0.1, 0.15) is 0 Å². The molecule has 0 radical (unpaired) electrons. The molecular weight excluding hydrogens is 452 g/mol. The maximum Gasteiger partial charge on any atom is 0.159 e. The summed E-state index contributed by atoms with van der Waals surface area (Å²) in [5, 5.41) is 0. The van der Waals surface area contributed by atoms with E-state index in [0.29, 0.717) is 17.5 Å². The summed E-state index contributed by atoms with van der Waals surface area (Å²) in [7, 11) is 0. The number of fused-ring (bicyclic) bond motifs is 1. The molecule has 2 aliphatic heterocycles. The van der Waals surface area contributed by atoms with Crippen LogP contribution in [0.1, 0.15) is 41.0 Å². The van der Waals surface area contributed by atoms with Crippen molar-refractivity contribution in [1.82, 2.24) is 14.9 Å². The molecule has 36 heavy (non-hydrogen) atoms. The maximum atomic E-state index is 14.1. The van der Waals surface area contributed by atoms with Crippen LogP contribution in [-0.4, -0.2) is 34.0 Å². The van der Waals surface area contributed by atoms with Crippen LogP contribution in [-0.2, 0) is 0 Å². The summed E-state index contributed by atoms with van der Waals surface area (Å²) in [4.78, 5) is 10.1. The van der Waals surface area contributed by atoms with E-state index in [4.69, 9.17) is 0 Å². The molecule has 182 valence electrons. The lowest BCUT2D eigenvalue weighted by molar-refractivity contribution is 0.286. The van der Waals surface area contributed by atoms with Crippen LogP contribution < -0.4 is 0 Å². The van der Waals surface area contributed by atoms with Gasteiger partial charge in [-0.1, -0.05) is 24.3 Å². The lowest BCUT2D eigenvalue weighted by Crippen LogP contribution is -2.32. The SMILES string of the molecule is Cc1ccc([C@@H]2C[C@H]3C=C(c4c[nH]c(-c5ccc(F)c(F)c5)c4-c4ccncc4)CCN3C2)cc1C. The van der Waals surface area contributed by atoms with Crippen LogP contribution in [0.4, 0.5) is 8.78 Å². The fraction of sp³-hybridized carbons (Fsp3) is 0.258. The molecule has 5 heteroatoms. The fourth-order valence-corrected chi connectivity index (χ4v) is 5.80. The van der Waals surface area contributed by atoms with E-state index in [0.717, 1.165) is 48.3 Å². The van der Waals surface area contributed by atoms with E-state index in [2.05, 4.69) is 53.0 Å². The summed E-state index contributed by atoms with van der Waals surface area (Å²) >= 11 is 0. The first-order chi connectivity index (χ1) is 17.5. The summed E-state index contributed by atoms with van der Waals surface area (Å²) in [5.41, 5.74) is 9.97. The Labute approximate surface area is 210 Å². The number of pyridine rings is 1. The maximum absolute atomic E-state index is 14.1. The number of aromatic nitrogens is 2. The van der Waals surface area contributed by atoms with Crippen molar-refractivity contribution in [3.05, 3.63) is 107 Å². The Morgan fingerprint density at radius 1 is 0.917 bits per heavy atom. The predicted octanol–water partition coefficient (Wildman–Crippen LogP) is 7.28. The molecule has 4 heterocycles. The van der Waals surface area contributed by atoms with Gasteiger partial charge in [-0.2, -0.15) is 0 Å². The number of nitrogens with one attached hydrogen (secondary N) is 1. The van der Waals surface area contributed by atoms with Gasteiger partial charge in [0.2, 0.25) is 0 Å². The number of H-pyrrole nitrogens is 1. The van der Waals surface area contributed by atoms with E-state index in [1.807, 2.05) is 18.3 Å². The molecular formula is C31H29F2N3. The van der Waals surface area contributed by atoms with Crippen LogP contribution >= 0.6 is 0 Å². The zero-order valence-electron chi connectivity index (χ0n) is 20.6. The zero-order chi connectivity index (χ0) is 24.8. The molecule has 1 fully saturated rings. The minimum atomic E-state index is -0.847. The van der Waals surface area contributed by atoms with Crippen molar-refractivity contribution in [2.45, 2.75) is 38.6 Å². The molecule has 2 aromatic heterocycles. The highest BCUT2D eigenvalue weighted by Crippen LogP contribution is 2.43. The highest BCUT2D eigenvalue weighted by atomic mass is 19.2. The van der Waals surface area contributed by atoms with Crippen LogP contribution in [0.3, 0.4) is 0 Å². The smallest absolute Gasteiger partial charge is 0.159 e. The average Bonchev–Trinajstić information content (AvgIpc) is 3.52. The lowest BCUT2D eigenvalue weighted by Gasteiger charge is -2.28. The van der Waals surface area contributed by atoms with Gasteiger partial charge < -0.3 is 4.98 Å². The van der Waals surface area contributed by atoms with Crippen LogP contribution in [0.5, 0.6) is 0 Å². The Hall–Kier alpha value is -3.57. The molecule has 0 bridgehead atoms. The van der Waals surface area contributed by atoms with Gasteiger partial charge in [-0.15, -0.1) is 0 Å². The second-order valence-electron chi connectivity index (χ2n) is 10.1. The highest BCUT2D eigenvalue weighted by molar-refractivity contribution is 5.91. The number of aromatic amines is 1. The van der Waals surface area contributed by atoms with Gasteiger partial charge in [0.25, 0.3) is 0 Å². The molecule has 0 spiro atoms. The Bertz CT molecular complexity index is 1450. The standard InChI is InChI=1S/C31H29F2N3/c1-19-3-4-22(13-20(19)2)25-15-26-14-23(9-12-36(26)18-25)27-17-35-31(24-5-6-28(32)29(33)16-24)30(27)21-7-10-34-11-8-21/h3-8,10-11,13-14,16-17,25-26,35H,9,12,15,18H2,1-2H3/t25-,26-/m1/s1. The molecule has 0 saturated carbocycles. The number of nitrogens with zero attached hydrogens (tertiary/aromatic N) is 2. The van der Waals surface area contributed by atoms with Crippen molar-refractivity contribution in [3.63, 3.8) is 0 Å². The number of aryl methyl sites for hydroxylation is 2. The van der Waals surface area contributed by atoms with Gasteiger partial charge in [0.05, 0.1) is 5.69 Å². The third-order valence-electron chi connectivity index (χ3n) is 7.92. The van der Waals surface area contributed by atoms with E-state index in [1.165, 1.54) is 34.4 Å². The number of benzene rings is 2. The Morgan fingerprint density at radius 2 is 1.75 bits per heavy atom. The molecule has 1 saturated heterocycles. The molecule has 4 aromatic rings. The molecule has 2 aromatic carbocycles. The summed E-state index contributed by atoms with van der Waals surface area (Å²) in [5.74, 6) is -1.15. The largest absolute Gasteiger partial charge is 0.360 e. The zero-order valence-corrected chi connectivity index (χ0v) is 20.6. The third-order valence-corrected chi connectivity index (χ3v) is 7.92. The van der Waals surface area contributed by atoms with E-state index < -0.39 is 11.6 Å². The van der Waals surface area contributed by atoms with Crippen LogP contribution in [0.15, 0.2) is 73.2 Å². The van der Waals surface area contributed by atoms with Crippen molar-refractivity contribution >= 4 is 5.57 Å². The minimum absolute atomic E-state index is 0.396. The van der Waals surface area contributed by atoms with Gasteiger partial charge in [0.15, 0.2) is 11.6 Å². The van der Waals surface area contributed by atoms with Gasteiger partial charge in [-0.3, -0.25) is 9.88 Å². The van der Waals surface area contributed by atoms with E-state index in [1.54, 1.807) is 18.5 Å². The first-order valence-corrected chi connectivity index (χ1v) is 12.6. The van der Waals surface area contributed by atoms with Crippen LogP contribution in [0.25, 0.3) is 28.0 Å².